The van der Waals surface area contributed by atoms with E-state index in [4.69, 9.17) is 11.6 Å². The summed E-state index contributed by atoms with van der Waals surface area (Å²) < 4.78 is 53.6. The maximum atomic E-state index is 14.3. The van der Waals surface area contributed by atoms with Crippen molar-refractivity contribution in [2.24, 2.45) is 11.3 Å². The Labute approximate surface area is 225 Å². The molecule has 2 atom stereocenters. The van der Waals surface area contributed by atoms with Gasteiger partial charge in [0.25, 0.3) is 5.91 Å². The van der Waals surface area contributed by atoms with Crippen molar-refractivity contribution in [3.8, 4) is 0 Å². The number of amides is 2. The second-order valence-corrected chi connectivity index (χ2v) is 11.3. The maximum Gasteiger partial charge on any atom is 0.416 e. The molecule has 1 N–H and O–H groups in total. The zero-order valence-corrected chi connectivity index (χ0v) is 22.4. The number of nitrogens with zero attached hydrogens (tertiary/aromatic N) is 2. The molecule has 0 aliphatic carbocycles. The predicted molar refractivity (Wildman–Crippen MR) is 137 cm³/mol. The van der Waals surface area contributed by atoms with Gasteiger partial charge in [-0.1, -0.05) is 37.6 Å². The molecule has 4 rings (SSSR count). The number of rotatable bonds is 5. The van der Waals surface area contributed by atoms with E-state index in [0.717, 1.165) is 25.9 Å². The van der Waals surface area contributed by atoms with Crippen LogP contribution in [0.1, 0.15) is 54.1 Å². The Bertz CT molecular complexity index is 1190. The first-order chi connectivity index (χ1) is 17.8. The molecule has 0 bridgehead atoms. The van der Waals surface area contributed by atoms with E-state index in [2.05, 4.69) is 23.3 Å². The fourth-order valence-corrected chi connectivity index (χ4v) is 6.08. The number of likely N-dealkylation sites (N-methyl/N-ethyl adjacent to an activating group) is 1. The number of alkyl halides is 3. The molecule has 10 heteroatoms. The van der Waals surface area contributed by atoms with E-state index in [1.54, 1.807) is 18.7 Å². The largest absolute Gasteiger partial charge is 0.416 e. The fraction of sp³-hybridized carbons (Fsp3) is 0.500. The highest BCUT2D eigenvalue weighted by atomic mass is 35.5. The van der Waals surface area contributed by atoms with Gasteiger partial charge in [-0.05, 0) is 67.1 Å². The number of carbonyl (C=O) groups excluding carboxylic acids is 2. The molecule has 0 radical (unpaired) electrons. The third-order valence-corrected chi connectivity index (χ3v) is 8.13. The second kappa shape index (κ2) is 10.8. The first-order valence-corrected chi connectivity index (χ1v) is 13.1. The Morgan fingerprint density at radius 1 is 1.11 bits per heavy atom. The van der Waals surface area contributed by atoms with Crippen molar-refractivity contribution >= 4 is 23.4 Å². The van der Waals surface area contributed by atoms with Gasteiger partial charge in [0.15, 0.2) is 0 Å². The molecule has 1 spiro atoms. The minimum absolute atomic E-state index is 0.0199. The summed E-state index contributed by atoms with van der Waals surface area (Å²) in [6.45, 7) is 6.23. The summed E-state index contributed by atoms with van der Waals surface area (Å²) in [6.07, 6.45) is -3.19. The molecule has 2 amide bonds. The molecule has 2 fully saturated rings. The number of nitrogens with one attached hydrogen (secondary N) is 1. The van der Waals surface area contributed by atoms with Gasteiger partial charge >= 0.3 is 6.18 Å². The molecule has 2 aliphatic rings. The molecule has 5 nitrogen and oxygen atoms in total. The van der Waals surface area contributed by atoms with E-state index in [0.29, 0.717) is 36.3 Å². The van der Waals surface area contributed by atoms with Crippen molar-refractivity contribution in [2.45, 2.75) is 44.8 Å². The van der Waals surface area contributed by atoms with Gasteiger partial charge in [0.1, 0.15) is 11.9 Å². The van der Waals surface area contributed by atoms with E-state index in [-0.39, 0.29) is 23.2 Å². The number of hydrogen-bond acceptors (Lipinski definition) is 3. The number of likely N-dealkylation sites (tertiary alicyclic amines) is 2. The molecule has 2 aliphatic heterocycles. The maximum absolute atomic E-state index is 14.3. The lowest BCUT2D eigenvalue weighted by Gasteiger charge is -2.44. The molecule has 2 aromatic carbocycles. The minimum atomic E-state index is -4.73. The first kappa shape index (κ1) is 28.4. The molecule has 1 unspecified atom stereocenters. The molecule has 0 aromatic heterocycles. The molecular weight excluding hydrogens is 522 g/mol. The summed E-state index contributed by atoms with van der Waals surface area (Å²) in [5.41, 5.74) is -0.714. The van der Waals surface area contributed by atoms with Gasteiger partial charge in [-0.2, -0.15) is 13.2 Å². The number of hydrogen-bond donors (Lipinski definition) is 1. The zero-order chi connectivity index (χ0) is 27.8. The Morgan fingerprint density at radius 3 is 2.39 bits per heavy atom. The molecule has 206 valence electrons. The van der Waals surface area contributed by atoms with Crippen molar-refractivity contribution in [3.63, 3.8) is 0 Å². The van der Waals surface area contributed by atoms with Gasteiger partial charge in [-0.25, -0.2) is 4.39 Å². The first-order valence-electron chi connectivity index (χ1n) is 12.7. The van der Waals surface area contributed by atoms with Crippen LogP contribution in [-0.2, 0) is 11.0 Å². The van der Waals surface area contributed by atoms with E-state index < -0.39 is 35.1 Å². The smallest absolute Gasteiger partial charge is 0.341 e. The number of halogens is 5. The Morgan fingerprint density at radius 2 is 1.79 bits per heavy atom. The fourth-order valence-electron chi connectivity index (χ4n) is 5.88. The van der Waals surface area contributed by atoms with Crippen LogP contribution in [0.4, 0.5) is 17.6 Å². The summed E-state index contributed by atoms with van der Waals surface area (Å²) in [7, 11) is 2.08. The molecule has 2 heterocycles. The van der Waals surface area contributed by atoms with Crippen molar-refractivity contribution in [2.75, 3.05) is 33.2 Å². The summed E-state index contributed by atoms with van der Waals surface area (Å²) in [6, 6.07) is 8.56. The molecule has 2 saturated heterocycles. The van der Waals surface area contributed by atoms with Crippen LogP contribution in [0.3, 0.4) is 0 Å². The highest BCUT2D eigenvalue weighted by molar-refractivity contribution is 6.30. The Balaban J connectivity index is 1.48. The quantitative estimate of drug-likeness (QED) is 0.491. The van der Waals surface area contributed by atoms with Crippen LogP contribution < -0.4 is 5.32 Å². The summed E-state index contributed by atoms with van der Waals surface area (Å²) >= 11 is 6.26. The van der Waals surface area contributed by atoms with Crippen LogP contribution in [0.2, 0.25) is 5.02 Å². The van der Waals surface area contributed by atoms with Gasteiger partial charge in [-0.3, -0.25) is 9.59 Å². The normalized spacial score (nSPS) is 20.7. The van der Waals surface area contributed by atoms with Crippen LogP contribution in [0, 0.1) is 17.2 Å². The van der Waals surface area contributed by atoms with Gasteiger partial charge in [0.2, 0.25) is 5.91 Å². The lowest BCUT2D eigenvalue weighted by molar-refractivity contribution is -0.138. The number of carbonyl (C=O) groups is 2. The van der Waals surface area contributed by atoms with Crippen LogP contribution in [0.25, 0.3) is 0 Å². The second-order valence-electron chi connectivity index (χ2n) is 10.9. The van der Waals surface area contributed by atoms with E-state index in [9.17, 15) is 27.2 Å². The lowest BCUT2D eigenvalue weighted by Crippen LogP contribution is -2.54. The molecule has 2 aromatic rings. The highest BCUT2D eigenvalue weighted by Crippen LogP contribution is 2.49. The highest BCUT2D eigenvalue weighted by Gasteiger charge is 2.48. The van der Waals surface area contributed by atoms with E-state index in [1.165, 1.54) is 5.56 Å². The average Bonchev–Trinajstić information content (AvgIpc) is 3.17. The third-order valence-electron chi connectivity index (χ3n) is 7.90. The van der Waals surface area contributed by atoms with Gasteiger partial charge < -0.3 is 15.1 Å². The summed E-state index contributed by atoms with van der Waals surface area (Å²) in [5.74, 6) is -2.53. The monoisotopic (exact) mass is 553 g/mol. The van der Waals surface area contributed by atoms with Crippen LogP contribution >= 0.6 is 11.6 Å². The van der Waals surface area contributed by atoms with Crippen molar-refractivity contribution in [3.05, 3.63) is 70.0 Å². The van der Waals surface area contributed by atoms with E-state index in [1.807, 2.05) is 18.2 Å². The minimum Gasteiger partial charge on any atom is -0.341 e. The topological polar surface area (TPSA) is 52.7 Å². The standard InChI is InChI=1S/C28H32ClF4N3O2/c1-17(2)24(34-25(37)21-14-19(28(31,32)33)7-8-23(21)30)26(38)36-11-9-27(10-12-36)16-35(3)15-22(27)18-5-4-6-20(29)13-18/h4-8,13-14,17,22,24H,9-12,15-16H2,1-3H3,(H,34,37)/t22?,24-/m1/s1. The van der Waals surface area contributed by atoms with Crippen LogP contribution in [-0.4, -0.2) is 60.9 Å². The Kier molecular flexibility index (Phi) is 8.09. The van der Waals surface area contributed by atoms with Crippen molar-refractivity contribution in [1.29, 1.82) is 0 Å². The van der Waals surface area contributed by atoms with Crippen molar-refractivity contribution in [1.82, 2.24) is 15.1 Å². The third kappa shape index (κ3) is 5.83. The van der Waals surface area contributed by atoms with Crippen LogP contribution in [0.5, 0.6) is 0 Å². The summed E-state index contributed by atoms with van der Waals surface area (Å²) in [4.78, 5) is 30.3. The van der Waals surface area contributed by atoms with E-state index >= 15 is 0 Å². The van der Waals surface area contributed by atoms with Crippen molar-refractivity contribution < 1.29 is 27.2 Å². The van der Waals surface area contributed by atoms with Gasteiger partial charge in [0, 0.05) is 37.1 Å². The zero-order valence-electron chi connectivity index (χ0n) is 21.6. The number of piperidine rings is 1. The average molecular weight is 554 g/mol. The number of benzene rings is 2. The van der Waals surface area contributed by atoms with Gasteiger partial charge in [-0.15, -0.1) is 0 Å². The molecule has 38 heavy (non-hydrogen) atoms. The van der Waals surface area contributed by atoms with Gasteiger partial charge in [0.05, 0.1) is 11.1 Å². The lowest BCUT2D eigenvalue weighted by atomic mass is 9.68. The summed E-state index contributed by atoms with van der Waals surface area (Å²) in [5, 5.41) is 3.19. The predicted octanol–water partition coefficient (Wildman–Crippen LogP) is 5.59. The van der Waals surface area contributed by atoms with Crippen LogP contribution in [0.15, 0.2) is 42.5 Å². The Hall–Kier alpha value is -2.65. The molecule has 0 saturated carbocycles. The molecular formula is C28H32ClF4N3O2. The SMILES string of the molecule is CC(C)[C@@H](NC(=O)c1cc(C(F)(F)F)ccc1F)C(=O)N1CCC2(CC1)CN(C)CC2c1cccc(Cl)c1.